The maximum Gasteiger partial charge on any atom is 0.305 e. The van der Waals surface area contributed by atoms with Gasteiger partial charge < -0.3 is 14.7 Å². The van der Waals surface area contributed by atoms with E-state index < -0.39 is 6.10 Å². The zero-order chi connectivity index (χ0) is 20.2. The molecule has 5 heteroatoms. The Bertz CT molecular complexity index is 629. The number of aliphatic hydroxyl groups excluding tert-OH is 1. The molecule has 1 fully saturated rings. The number of hydrogen-bond acceptors (Lipinski definition) is 4. The zero-order valence-electron chi connectivity index (χ0n) is 16.9. The Hall–Kier alpha value is -2.14. The number of likely N-dealkylation sites (tertiary alicyclic amines) is 1. The average Bonchev–Trinajstić information content (AvgIpc) is 3.03. The summed E-state index contributed by atoms with van der Waals surface area (Å²) < 4.78 is 4.92. The van der Waals surface area contributed by atoms with Crippen molar-refractivity contribution in [2.45, 2.75) is 70.4 Å². The minimum Gasteiger partial charge on any atom is -0.466 e. The van der Waals surface area contributed by atoms with E-state index in [0.717, 1.165) is 44.2 Å². The topological polar surface area (TPSA) is 66.8 Å². The molecule has 0 bridgehead atoms. The van der Waals surface area contributed by atoms with Gasteiger partial charge in [0.25, 0.3) is 0 Å². The van der Waals surface area contributed by atoms with Gasteiger partial charge in [-0.1, -0.05) is 55.3 Å². The van der Waals surface area contributed by atoms with Crippen LogP contribution < -0.4 is 0 Å². The summed E-state index contributed by atoms with van der Waals surface area (Å²) in [6.07, 6.45) is 9.45. The summed E-state index contributed by atoms with van der Waals surface area (Å²) in [4.78, 5) is 25.4. The summed E-state index contributed by atoms with van der Waals surface area (Å²) in [5, 5.41) is 10.2. The van der Waals surface area contributed by atoms with Crippen LogP contribution in [0, 0.1) is 0 Å². The molecular formula is C23H33NO4. The number of esters is 1. The molecule has 2 rings (SSSR count). The Morgan fingerprint density at radius 3 is 2.75 bits per heavy atom. The molecule has 1 heterocycles. The van der Waals surface area contributed by atoms with Gasteiger partial charge in [-0.05, 0) is 31.7 Å². The highest BCUT2D eigenvalue weighted by Crippen LogP contribution is 2.21. The molecule has 0 saturated carbocycles. The van der Waals surface area contributed by atoms with Gasteiger partial charge in [0.15, 0.2) is 0 Å². The third-order valence-electron chi connectivity index (χ3n) is 5.05. The SMILES string of the molecule is CCOC(=O)CCCCCCN1C(=O)CCC1C=CC(O)Cc1ccccc1. The minimum absolute atomic E-state index is 0.0810. The molecule has 154 valence electrons. The van der Waals surface area contributed by atoms with E-state index in [2.05, 4.69) is 0 Å². The predicted molar refractivity (Wildman–Crippen MR) is 110 cm³/mol. The summed E-state index contributed by atoms with van der Waals surface area (Å²) in [7, 11) is 0. The third-order valence-corrected chi connectivity index (χ3v) is 5.05. The molecule has 1 saturated heterocycles. The number of amides is 1. The number of ether oxygens (including phenoxy) is 1. The van der Waals surface area contributed by atoms with E-state index in [1.54, 1.807) is 0 Å². The monoisotopic (exact) mass is 387 g/mol. The first kappa shape index (κ1) is 22.2. The van der Waals surface area contributed by atoms with E-state index in [9.17, 15) is 14.7 Å². The second-order valence-corrected chi connectivity index (χ2v) is 7.30. The second kappa shape index (κ2) is 12.3. The van der Waals surface area contributed by atoms with E-state index in [4.69, 9.17) is 4.74 Å². The quantitative estimate of drug-likeness (QED) is 0.338. The Labute approximate surface area is 168 Å². The lowest BCUT2D eigenvalue weighted by Crippen LogP contribution is -2.32. The molecule has 0 aliphatic carbocycles. The van der Waals surface area contributed by atoms with Crippen LogP contribution in [-0.2, 0) is 20.7 Å². The van der Waals surface area contributed by atoms with Gasteiger partial charge in [0, 0.05) is 25.8 Å². The van der Waals surface area contributed by atoms with Crippen molar-refractivity contribution in [3.63, 3.8) is 0 Å². The van der Waals surface area contributed by atoms with Gasteiger partial charge in [0.05, 0.1) is 18.8 Å². The van der Waals surface area contributed by atoms with E-state index in [0.29, 0.717) is 25.9 Å². The summed E-state index contributed by atoms with van der Waals surface area (Å²) in [6, 6.07) is 9.99. The molecule has 28 heavy (non-hydrogen) atoms. The molecule has 1 N–H and O–H groups in total. The largest absolute Gasteiger partial charge is 0.466 e. The summed E-state index contributed by atoms with van der Waals surface area (Å²) in [6.45, 7) is 2.99. The van der Waals surface area contributed by atoms with Crippen LogP contribution in [0.3, 0.4) is 0 Å². The first-order chi connectivity index (χ1) is 13.6. The lowest BCUT2D eigenvalue weighted by Gasteiger charge is -2.22. The van der Waals surface area contributed by atoms with Crippen LogP contribution in [0.1, 0.15) is 57.4 Å². The first-order valence-electron chi connectivity index (χ1n) is 10.5. The van der Waals surface area contributed by atoms with E-state index >= 15 is 0 Å². The Morgan fingerprint density at radius 2 is 2.00 bits per heavy atom. The van der Waals surface area contributed by atoms with Gasteiger partial charge in [0.1, 0.15) is 0 Å². The Kier molecular flexibility index (Phi) is 9.77. The Morgan fingerprint density at radius 1 is 1.25 bits per heavy atom. The zero-order valence-corrected chi connectivity index (χ0v) is 16.9. The molecule has 1 aliphatic rings. The van der Waals surface area contributed by atoms with Gasteiger partial charge in [-0.15, -0.1) is 0 Å². The molecule has 1 aliphatic heterocycles. The average molecular weight is 388 g/mol. The molecule has 0 spiro atoms. The standard InChI is InChI=1S/C23H33NO4/c1-2-28-23(27)12-8-3-4-9-17-24-20(14-16-22(24)26)13-15-21(25)18-19-10-6-5-7-11-19/h5-7,10-11,13,15,20-21,25H,2-4,8-9,12,14,16-18H2,1H3. The normalized spacial score (nSPS) is 18.0. The highest BCUT2D eigenvalue weighted by molar-refractivity contribution is 5.79. The fourth-order valence-corrected chi connectivity index (χ4v) is 3.56. The number of unbranched alkanes of at least 4 members (excludes halogenated alkanes) is 3. The number of aliphatic hydroxyl groups is 1. The summed E-state index contributed by atoms with van der Waals surface area (Å²) in [5.74, 6) is 0.0650. The van der Waals surface area contributed by atoms with E-state index in [1.165, 1.54) is 0 Å². The van der Waals surface area contributed by atoms with Gasteiger partial charge in [-0.3, -0.25) is 9.59 Å². The van der Waals surface area contributed by atoms with Gasteiger partial charge in [0.2, 0.25) is 5.91 Å². The van der Waals surface area contributed by atoms with Crippen LogP contribution in [-0.4, -0.2) is 47.2 Å². The molecule has 2 unspecified atom stereocenters. The number of rotatable bonds is 12. The van der Waals surface area contributed by atoms with Crippen molar-refractivity contribution >= 4 is 11.9 Å². The van der Waals surface area contributed by atoms with Crippen molar-refractivity contribution in [1.82, 2.24) is 4.90 Å². The minimum atomic E-state index is -0.539. The molecule has 1 aromatic carbocycles. The lowest BCUT2D eigenvalue weighted by molar-refractivity contribution is -0.143. The van der Waals surface area contributed by atoms with Crippen LogP contribution in [0.25, 0.3) is 0 Å². The molecule has 1 aromatic rings. The van der Waals surface area contributed by atoms with Gasteiger partial charge >= 0.3 is 5.97 Å². The maximum atomic E-state index is 12.2. The van der Waals surface area contributed by atoms with Crippen molar-refractivity contribution < 1.29 is 19.4 Å². The number of carbonyl (C=O) groups excluding carboxylic acids is 2. The fraction of sp³-hybridized carbons (Fsp3) is 0.565. The van der Waals surface area contributed by atoms with Crippen LogP contribution in [0.4, 0.5) is 0 Å². The molecule has 5 nitrogen and oxygen atoms in total. The number of benzene rings is 1. The summed E-state index contributed by atoms with van der Waals surface area (Å²) in [5.41, 5.74) is 1.10. The predicted octanol–water partition coefficient (Wildman–Crippen LogP) is 3.65. The first-order valence-corrected chi connectivity index (χ1v) is 10.5. The fourth-order valence-electron chi connectivity index (χ4n) is 3.56. The summed E-state index contributed by atoms with van der Waals surface area (Å²) >= 11 is 0. The number of carbonyl (C=O) groups is 2. The van der Waals surface area contributed by atoms with Crippen molar-refractivity contribution in [3.05, 3.63) is 48.0 Å². The lowest BCUT2D eigenvalue weighted by atomic mass is 10.1. The highest BCUT2D eigenvalue weighted by atomic mass is 16.5. The molecule has 1 amide bonds. The molecule has 0 aromatic heterocycles. The molecule has 2 atom stereocenters. The number of hydrogen-bond donors (Lipinski definition) is 1. The van der Waals surface area contributed by atoms with Crippen LogP contribution >= 0.6 is 0 Å². The Balaban J connectivity index is 1.69. The van der Waals surface area contributed by atoms with E-state index in [1.807, 2.05) is 54.3 Å². The smallest absolute Gasteiger partial charge is 0.305 e. The second-order valence-electron chi connectivity index (χ2n) is 7.30. The van der Waals surface area contributed by atoms with E-state index in [-0.39, 0.29) is 17.9 Å². The number of nitrogens with zero attached hydrogens (tertiary/aromatic N) is 1. The van der Waals surface area contributed by atoms with Crippen LogP contribution in [0.15, 0.2) is 42.5 Å². The van der Waals surface area contributed by atoms with Crippen LogP contribution in [0.5, 0.6) is 0 Å². The third kappa shape index (κ3) is 7.85. The van der Waals surface area contributed by atoms with Crippen molar-refractivity contribution in [1.29, 1.82) is 0 Å². The van der Waals surface area contributed by atoms with Crippen molar-refractivity contribution in [2.24, 2.45) is 0 Å². The van der Waals surface area contributed by atoms with Crippen molar-refractivity contribution in [2.75, 3.05) is 13.2 Å². The highest BCUT2D eigenvalue weighted by Gasteiger charge is 2.28. The molecular weight excluding hydrogens is 354 g/mol. The van der Waals surface area contributed by atoms with Crippen LogP contribution in [0.2, 0.25) is 0 Å². The van der Waals surface area contributed by atoms with Gasteiger partial charge in [-0.25, -0.2) is 0 Å². The maximum absolute atomic E-state index is 12.2. The molecule has 0 radical (unpaired) electrons. The van der Waals surface area contributed by atoms with Crippen molar-refractivity contribution in [3.8, 4) is 0 Å². The van der Waals surface area contributed by atoms with Gasteiger partial charge in [-0.2, -0.15) is 0 Å².